The molecule has 1 aliphatic rings. The number of nitrogens with zero attached hydrogens (tertiary/aromatic N) is 7. The Kier molecular flexibility index (Phi) is 7.76. The SMILES string of the molecule is O=C(c1ccccc1-n1cnc(Cn2nc(-c3ccc(Cl)cc3)n(CC(O)C(F)(F)F)c2=O)n1)N1CCCCC1. The molecule has 1 N–H and O–H groups in total. The lowest BCUT2D eigenvalue weighted by atomic mass is 10.1. The van der Waals surface area contributed by atoms with Gasteiger partial charge in [-0.15, -0.1) is 10.2 Å². The number of aliphatic hydroxyl groups is 1. The molecule has 4 aromatic rings. The molecule has 1 unspecified atom stereocenters. The Morgan fingerprint density at radius 2 is 1.73 bits per heavy atom. The van der Waals surface area contributed by atoms with Crippen LogP contribution >= 0.6 is 11.6 Å². The molecule has 40 heavy (non-hydrogen) atoms. The lowest BCUT2D eigenvalue weighted by Gasteiger charge is -2.27. The van der Waals surface area contributed by atoms with Gasteiger partial charge in [-0.3, -0.25) is 9.36 Å². The van der Waals surface area contributed by atoms with E-state index in [0.717, 1.165) is 28.5 Å². The molecule has 3 heterocycles. The van der Waals surface area contributed by atoms with Crippen LogP contribution in [0.3, 0.4) is 0 Å². The van der Waals surface area contributed by atoms with Crippen LogP contribution in [0.5, 0.6) is 0 Å². The van der Waals surface area contributed by atoms with E-state index in [0.29, 0.717) is 34.9 Å². The van der Waals surface area contributed by atoms with Gasteiger partial charge in [0, 0.05) is 23.7 Å². The van der Waals surface area contributed by atoms with E-state index < -0.39 is 24.5 Å². The fourth-order valence-corrected chi connectivity index (χ4v) is 4.66. The Labute approximate surface area is 231 Å². The highest BCUT2D eigenvalue weighted by molar-refractivity contribution is 6.30. The van der Waals surface area contributed by atoms with Crippen molar-refractivity contribution >= 4 is 17.5 Å². The highest BCUT2D eigenvalue weighted by atomic mass is 35.5. The van der Waals surface area contributed by atoms with E-state index in [2.05, 4.69) is 15.2 Å². The molecular weight excluding hydrogens is 551 g/mol. The van der Waals surface area contributed by atoms with Gasteiger partial charge < -0.3 is 10.0 Å². The summed E-state index contributed by atoms with van der Waals surface area (Å²) in [5, 5.41) is 18.7. The van der Waals surface area contributed by atoms with Gasteiger partial charge in [0.2, 0.25) is 0 Å². The average molecular weight is 576 g/mol. The number of carbonyl (C=O) groups excluding carboxylic acids is 1. The molecule has 2 aromatic heterocycles. The number of piperidine rings is 1. The van der Waals surface area contributed by atoms with Gasteiger partial charge in [-0.1, -0.05) is 23.7 Å². The standard InChI is InChI=1S/C26H25ClF3N7O3/c27-18-10-8-17(9-11-18)23-33-36(25(40)35(23)14-21(38)26(28,29)30)15-22-31-16-37(32-22)20-7-3-2-6-19(20)24(39)34-12-4-1-5-13-34/h2-3,6-11,16,21,38H,1,4-5,12-15H2. The normalized spacial score (nSPS) is 14.9. The van der Waals surface area contributed by atoms with Crippen molar-refractivity contribution in [1.82, 2.24) is 34.0 Å². The van der Waals surface area contributed by atoms with E-state index in [1.165, 1.54) is 35.3 Å². The Morgan fingerprint density at radius 3 is 2.42 bits per heavy atom. The second kappa shape index (κ2) is 11.3. The van der Waals surface area contributed by atoms with Crippen molar-refractivity contribution < 1.29 is 23.1 Å². The van der Waals surface area contributed by atoms with Crippen LogP contribution < -0.4 is 5.69 Å². The second-order valence-corrected chi connectivity index (χ2v) is 9.85. The van der Waals surface area contributed by atoms with E-state index >= 15 is 0 Å². The predicted octanol–water partition coefficient (Wildman–Crippen LogP) is 3.54. The summed E-state index contributed by atoms with van der Waals surface area (Å²) in [6.07, 6.45) is -3.34. The number of hydrogen-bond acceptors (Lipinski definition) is 6. The number of hydrogen-bond donors (Lipinski definition) is 1. The van der Waals surface area contributed by atoms with Gasteiger partial charge in [0.15, 0.2) is 17.8 Å². The van der Waals surface area contributed by atoms with Crippen molar-refractivity contribution in [3.05, 3.63) is 81.8 Å². The predicted molar refractivity (Wildman–Crippen MR) is 139 cm³/mol. The molecule has 0 aliphatic carbocycles. The molecule has 0 bridgehead atoms. The van der Waals surface area contributed by atoms with Crippen LogP contribution in [0.25, 0.3) is 17.1 Å². The van der Waals surface area contributed by atoms with Crippen molar-refractivity contribution in [2.45, 2.75) is 44.6 Å². The first-order valence-corrected chi connectivity index (χ1v) is 13.0. The molecule has 1 amide bonds. The molecule has 0 spiro atoms. The number of rotatable bonds is 7. The van der Waals surface area contributed by atoms with E-state index in [1.54, 1.807) is 29.2 Å². The summed E-state index contributed by atoms with van der Waals surface area (Å²) in [6.45, 7) is 0.0542. The molecule has 1 atom stereocenters. The summed E-state index contributed by atoms with van der Waals surface area (Å²) in [5.41, 5.74) is 0.404. The van der Waals surface area contributed by atoms with Gasteiger partial charge in [0.05, 0.1) is 17.8 Å². The Balaban J connectivity index is 1.45. The Hall–Kier alpha value is -3.97. The summed E-state index contributed by atoms with van der Waals surface area (Å²) in [7, 11) is 0. The highest BCUT2D eigenvalue weighted by Gasteiger charge is 2.39. The van der Waals surface area contributed by atoms with Crippen LogP contribution in [-0.4, -0.2) is 70.4 Å². The largest absolute Gasteiger partial charge is 0.416 e. The van der Waals surface area contributed by atoms with Gasteiger partial charge >= 0.3 is 11.9 Å². The fourth-order valence-electron chi connectivity index (χ4n) is 4.54. The third kappa shape index (κ3) is 5.80. The maximum atomic E-state index is 13.2. The van der Waals surface area contributed by atoms with Crippen molar-refractivity contribution in [1.29, 1.82) is 0 Å². The minimum absolute atomic E-state index is 0.0816. The number of likely N-dealkylation sites (tertiary alicyclic amines) is 1. The summed E-state index contributed by atoms with van der Waals surface area (Å²) in [5.74, 6) is -0.0500. The lowest BCUT2D eigenvalue weighted by Crippen LogP contribution is -2.37. The number of aliphatic hydroxyl groups excluding tert-OH is 1. The quantitative estimate of drug-likeness (QED) is 0.361. The Bertz CT molecular complexity index is 1560. The molecule has 5 rings (SSSR count). The van der Waals surface area contributed by atoms with E-state index in [1.807, 2.05) is 0 Å². The van der Waals surface area contributed by atoms with Crippen LogP contribution in [0, 0.1) is 0 Å². The number of aromatic nitrogens is 6. The first-order chi connectivity index (χ1) is 19.1. The third-order valence-electron chi connectivity index (χ3n) is 6.61. The molecule has 1 saturated heterocycles. The fraction of sp³-hybridized carbons (Fsp3) is 0.346. The Morgan fingerprint density at radius 1 is 1.02 bits per heavy atom. The van der Waals surface area contributed by atoms with Crippen LogP contribution in [0.15, 0.2) is 59.7 Å². The van der Waals surface area contributed by atoms with Crippen LogP contribution in [-0.2, 0) is 13.1 Å². The number of alkyl halides is 3. The van der Waals surface area contributed by atoms with E-state index in [4.69, 9.17) is 11.6 Å². The number of carbonyl (C=O) groups is 1. The highest BCUT2D eigenvalue weighted by Crippen LogP contribution is 2.24. The molecule has 2 aromatic carbocycles. The maximum Gasteiger partial charge on any atom is 0.416 e. The maximum absolute atomic E-state index is 13.2. The zero-order valence-electron chi connectivity index (χ0n) is 21.1. The van der Waals surface area contributed by atoms with Crippen molar-refractivity contribution in [2.75, 3.05) is 13.1 Å². The van der Waals surface area contributed by atoms with Gasteiger partial charge in [-0.05, 0) is 55.7 Å². The number of para-hydroxylation sites is 1. The van der Waals surface area contributed by atoms with Crippen molar-refractivity contribution in [3.63, 3.8) is 0 Å². The lowest BCUT2D eigenvalue weighted by molar-refractivity contribution is -0.207. The van der Waals surface area contributed by atoms with Gasteiger partial charge in [0.1, 0.15) is 12.9 Å². The first-order valence-electron chi connectivity index (χ1n) is 12.6. The number of benzene rings is 2. The number of amides is 1. The van der Waals surface area contributed by atoms with Crippen LogP contribution in [0.4, 0.5) is 13.2 Å². The monoisotopic (exact) mass is 575 g/mol. The third-order valence-corrected chi connectivity index (χ3v) is 6.87. The molecular formula is C26H25ClF3N7O3. The molecule has 0 radical (unpaired) electrons. The average Bonchev–Trinajstić information content (AvgIpc) is 3.53. The first kappa shape index (κ1) is 27.6. The van der Waals surface area contributed by atoms with Gasteiger partial charge in [0.25, 0.3) is 5.91 Å². The molecule has 0 saturated carbocycles. The molecule has 1 aliphatic heterocycles. The van der Waals surface area contributed by atoms with E-state index in [9.17, 15) is 27.9 Å². The summed E-state index contributed by atoms with van der Waals surface area (Å²) in [6, 6.07) is 13.0. The van der Waals surface area contributed by atoms with Crippen LogP contribution in [0.2, 0.25) is 5.02 Å². The van der Waals surface area contributed by atoms with Crippen molar-refractivity contribution in [2.24, 2.45) is 0 Å². The molecule has 1 fully saturated rings. The second-order valence-electron chi connectivity index (χ2n) is 9.41. The molecule has 210 valence electrons. The summed E-state index contributed by atoms with van der Waals surface area (Å²) in [4.78, 5) is 32.4. The zero-order valence-corrected chi connectivity index (χ0v) is 21.9. The van der Waals surface area contributed by atoms with Gasteiger partial charge in [-0.25, -0.2) is 19.1 Å². The topological polar surface area (TPSA) is 111 Å². The smallest absolute Gasteiger partial charge is 0.382 e. The number of halogens is 4. The van der Waals surface area contributed by atoms with Crippen molar-refractivity contribution in [3.8, 4) is 17.1 Å². The summed E-state index contributed by atoms with van der Waals surface area (Å²) >= 11 is 5.93. The van der Waals surface area contributed by atoms with Gasteiger partial charge in [-0.2, -0.15) is 13.2 Å². The minimum Gasteiger partial charge on any atom is -0.382 e. The minimum atomic E-state index is -4.93. The molecule has 14 heteroatoms. The summed E-state index contributed by atoms with van der Waals surface area (Å²) < 4.78 is 42.5. The van der Waals surface area contributed by atoms with Crippen LogP contribution in [0.1, 0.15) is 35.4 Å². The zero-order chi connectivity index (χ0) is 28.4. The van der Waals surface area contributed by atoms with E-state index in [-0.39, 0.29) is 24.1 Å². The molecule has 10 nitrogen and oxygen atoms in total.